The van der Waals surface area contributed by atoms with Gasteiger partial charge in [-0.15, -0.1) is 0 Å². The number of nitrogens with zero attached hydrogens (tertiary/aromatic N) is 1. The molecule has 0 bridgehead atoms. The Morgan fingerprint density at radius 2 is 2.07 bits per heavy atom. The Balaban J connectivity index is 3.42. The van der Waals surface area contributed by atoms with Gasteiger partial charge in [-0.3, -0.25) is 0 Å². The van der Waals surface area contributed by atoms with Crippen molar-refractivity contribution in [3.63, 3.8) is 0 Å². The molecule has 1 aromatic carbocycles. The van der Waals surface area contributed by atoms with E-state index >= 15 is 0 Å². The molecule has 0 aliphatic carbocycles. The van der Waals surface area contributed by atoms with Crippen LogP contribution in [0.15, 0.2) is 21.8 Å². The summed E-state index contributed by atoms with van der Waals surface area (Å²) in [4.78, 5) is 0. The highest BCUT2D eigenvalue weighted by Crippen LogP contribution is 2.34. The highest BCUT2D eigenvalue weighted by atomic mass is 79.9. The number of amidine groups is 1. The second-order valence-corrected chi connectivity index (χ2v) is 3.59. The van der Waals surface area contributed by atoms with E-state index in [-0.39, 0.29) is 5.84 Å². The first kappa shape index (κ1) is 11.6. The lowest BCUT2D eigenvalue weighted by Gasteiger charge is -2.12. The van der Waals surface area contributed by atoms with Crippen molar-refractivity contribution in [2.24, 2.45) is 10.9 Å². The van der Waals surface area contributed by atoms with Gasteiger partial charge in [0.2, 0.25) is 0 Å². The Bertz CT molecular complexity index is 393. The van der Waals surface area contributed by atoms with E-state index in [0.717, 1.165) is 4.47 Å². The summed E-state index contributed by atoms with van der Waals surface area (Å²) in [7, 11) is 3.00. The van der Waals surface area contributed by atoms with Crippen molar-refractivity contribution in [2.45, 2.75) is 0 Å². The van der Waals surface area contributed by atoms with Gasteiger partial charge in [-0.1, -0.05) is 21.1 Å². The summed E-state index contributed by atoms with van der Waals surface area (Å²) in [6.45, 7) is 0. The monoisotopic (exact) mass is 274 g/mol. The summed E-state index contributed by atoms with van der Waals surface area (Å²) in [5.74, 6) is 0.899. The molecule has 6 heteroatoms. The van der Waals surface area contributed by atoms with Crippen LogP contribution in [0, 0.1) is 0 Å². The molecule has 5 nitrogen and oxygen atoms in total. The van der Waals surface area contributed by atoms with Crippen LogP contribution >= 0.6 is 15.9 Å². The second kappa shape index (κ2) is 4.88. The van der Waals surface area contributed by atoms with E-state index in [1.165, 1.54) is 14.2 Å². The van der Waals surface area contributed by atoms with Crippen LogP contribution in [0.25, 0.3) is 0 Å². The summed E-state index contributed by atoms with van der Waals surface area (Å²) in [5, 5.41) is 11.5. The summed E-state index contributed by atoms with van der Waals surface area (Å²) in [5.41, 5.74) is 5.97. The molecule has 1 rings (SSSR count). The van der Waals surface area contributed by atoms with Gasteiger partial charge >= 0.3 is 0 Å². The topological polar surface area (TPSA) is 77.1 Å². The molecule has 0 aromatic heterocycles. The van der Waals surface area contributed by atoms with Gasteiger partial charge in [0.15, 0.2) is 17.3 Å². The van der Waals surface area contributed by atoms with Gasteiger partial charge in [-0.25, -0.2) is 0 Å². The fraction of sp³-hybridized carbons (Fsp3) is 0.222. The minimum Gasteiger partial charge on any atom is -0.493 e. The van der Waals surface area contributed by atoms with Crippen molar-refractivity contribution in [2.75, 3.05) is 14.2 Å². The third-order valence-electron chi connectivity index (χ3n) is 1.83. The van der Waals surface area contributed by atoms with Gasteiger partial charge < -0.3 is 20.4 Å². The molecule has 0 saturated heterocycles. The quantitative estimate of drug-likeness (QED) is 0.380. The van der Waals surface area contributed by atoms with E-state index < -0.39 is 0 Å². The van der Waals surface area contributed by atoms with Gasteiger partial charge in [-0.2, -0.15) is 0 Å². The Morgan fingerprint density at radius 1 is 1.40 bits per heavy atom. The van der Waals surface area contributed by atoms with Gasteiger partial charge in [0.1, 0.15) is 0 Å². The zero-order chi connectivity index (χ0) is 11.4. The third kappa shape index (κ3) is 2.33. The number of hydrogen-bond acceptors (Lipinski definition) is 4. The number of oxime groups is 1. The van der Waals surface area contributed by atoms with Gasteiger partial charge in [-0.05, 0) is 12.1 Å². The first-order valence-electron chi connectivity index (χ1n) is 4.03. The largest absolute Gasteiger partial charge is 0.493 e. The van der Waals surface area contributed by atoms with Crippen LogP contribution in [0.2, 0.25) is 0 Å². The molecule has 1 aromatic rings. The van der Waals surface area contributed by atoms with E-state index in [1.54, 1.807) is 12.1 Å². The predicted molar refractivity (Wildman–Crippen MR) is 59.8 cm³/mol. The summed E-state index contributed by atoms with van der Waals surface area (Å²) in [6.07, 6.45) is 0. The molecular formula is C9H11BrN2O3. The number of nitrogens with two attached hydrogens (primary N) is 1. The number of benzene rings is 1. The summed E-state index contributed by atoms with van der Waals surface area (Å²) >= 11 is 3.29. The molecule has 15 heavy (non-hydrogen) atoms. The molecule has 0 unspecified atom stereocenters. The number of rotatable bonds is 3. The molecule has 0 heterocycles. The molecule has 0 aliphatic rings. The van der Waals surface area contributed by atoms with Gasteiger partial charge in [0.05, 0.1) is 19.8 Å². The predicted octanol–water partition coefficient (Wildman–Crippen LogP) is 1.56. The smallest absolute Gasteiger partial charge is 0.174 e. The normalized spacial score (nSPS) is 11.3. The lowest BCUT2D eigenvalue weighted by Crippen LogP contribution is -2.14. The van der Waals surface area contributed by atoms with Crippen LogP contribution in [0.5, 0.6) is 11.5 Å². The third-order valence-corrected chi connectivity index (χ3v) is 2.29. The summed E-state index contributed by atoms with van der Waals surface area (Å²) in [6, 6.07) is 3.41. The number of halogens is 1. The maximum atomic E-state index is 8.61. The van der Waals surface area contributed by atoms with Crippen molar-refractivity contribution in [1.82, 2.24) is 0 Å². The van der Waals surface area contributed by atoms with Gasteiger partial charge in [0, 0.05) is 4.47 Å². The highest BCUT2D eigenvalue weighted by molar-refractivity contribution is 9.10. The van der Waals surface area contributed by atoms with E-state index in [9.17, 15) is 0 Å². The highest BCUT2D eigenvalue weighted by Gasteiger charge is 2.14. The lowest BCUT2D eigenvalue weighted by atomic mass is 10.1. The summed E-state index contributed by atoms with van der Waals surface area (Å²) < 4.78 is 11.0. The Labute approximate surface area is 95.6 Å². The Morgan fingerprint density at radius 3 is 2.53 bits per heavy atom. The van der Waals surface area contributed by atoms with Crippen LogP contribution in [-0.2, 0) is 0 Å². The fourth-order valence-corrected chi connectivity index (χ4v) is 1.61. The van der Waals surface area contributed by atoms with Crippen molar-refractivity contribution >= 4 is 21.8 Å². The fourth-order valence-electron chi connectivity index (χ4n) is 1.17. The van der Waals surface area contributed by atoms with E-state index in [0.29, 0.717) is 17.1 Å². The minimum absolute atomic E-state index is 0.0357. The van der Waals surface area contributed by atoms with Crippen LogP contribution in [-0.4, -0.2) is 25.3 Å². The number of methoxy groups -OCH3 is 2. The van der Waals surface area contributed by atoms with Crippen LogP contribution in [0.1, 0.15) is 5.56 Å². The molecular weight excluding hydrogens is 264 g/mol. The molecule has 0 saturated carbocycles. The maximum Gasteiger partial charge on any atom is 0.174 e. The molecule has 82 valence electrons. The van der Waals surface area contributed by atoms with Crippen LogP contribution < -0.4 is 15.2 Å². The average Bonchev–Trinajstić information content (AvgIpc) is 2.26. The van der Waals surface area contributed by atoms with Crippen LogP contribution in [0.4, 0.5) is 0 Å². The van der Waals surface area contributed by atoms with E-state index in [4.69, 9.17) is 20.4 Å². The molecule has 0 aliphatic heterocycles. The zero-order valence-electron chi connectivity index (χ0n) is 8.32. The molecule has 3 N–H and O–H groups in total. The minimum atomic E-state index is -0.0357. The van der Waals surface area contributed by atoms with Crippen molar-refractivity contribution in [1.29, 1.82) is 0 Å². The first-order chi connectivity index (χ1) is 7.13. The first-order valence-corrected chi connectivity index (χ1v) is 4.82. The molecule has 0 amide bonds. The van der Waals surface area contributed by atoms with Crippen molar-refractivity contribution in [3.05, 3.63) is 22.2 Å². The number of hydrogen-bond donors (Lipinski definition) is 2. The molecule has 0 fully saturated rings. The zero-order valence-corrected chi connectivity index (χ0v) is 9.91. The Hall–Kier alpha value is -1.43. The van der Waals surface area contributed by atoms with Gasteiger partial charge in [0.25, 0.3) is 0 Å². The number of ether oxygens (including phenoxy) is 2. The lowest BCUT2D eigenvalue weighted by molar-refractivity contribution is 0.317. The molecule has 0 radical (unpaired) electrons. The van der Waals surface area contributed by atoms with Crippen molar-refractivity contribution in [3.8, 4) is 11.5 Å². The standard InChI is InChI=1S/C9H11BrN2O3/c1-14-7-4-5(10)3-6(8(7)15-2)9(11)12-13/h3-4,13H,1-2H3,(H2,11,12). The Kier molecular flexibility index (Phi) is 3.79. The van der Waals surface area contributed by atoms with E-state index in [1.807, 2.05) is 0 Å². The molecule has 0 spiro atoms. The SMILES string of the molecule is COc1cc(Br)cc(/C(N)=N/O)c1OC. The van der Waals surface area contributed by atoms with E-state index in [2.05, 4.69) is 21.1 Å². The molecule has 0 atom stereocenters. The maximum absolute atomic E-state index is 8.61. The van der Waals surface area contributed by atoms with Crippen molar-refractivity contribution < 1.29 is 14.7 Å². The van der Waals surface area contributed by atoms with Crippen LogP contribution in [0.3, 0.4) is 0 Å². The average molecular weight is 275 g/mol. The second-order valence-electron chi connectivity index (χ2n) is 2.67.